The van der Waals surface area contributed by atoms with Gasteiger partial charge in [0.2, 0.25) is 0 Å². The van der Waals surface area contributed by atoms with Gasteiger partial charge < -0.3 is 0 Å². The van der Waals surface area contributed by atoms with E-state index in [0.717, 1.165) is 38.1 Å². The highest BCUT2D eigenvalue weighted by molar-refractivity contribution is 5.35. The fraction of sp³-hybridized carbons (Fsp3) is 0.350. The van der Waals surface area contributed by atoms with Crippen molar-refractivity contribution in [2.75, 3.05) is 13.1 Å². The summed E-state index contributed by atoms with van der Waals surface area (Å²) >= 11 is 0. The van der Waals surface area contributed by atoms with Gasteiger partial charge in [-0.05, 0) is 72.1 Å². The summed E-state index contributed by atoms with van der Waals surface area (Å²) in [7, 11) is 0. The fourth-order valence-corrected chi connectivity index (χ4v) is 3.65. The second-order valence-electron chi connectivity index (χ2n) is 7.01. The number of likely N-dealkylation sites (tertiary alicyclic amines) is 1. The Morgan fingerprint density at radius 2 is 1.61 bits per heavy atom. The summed E-state index contributed by atoms with van der Waals surface area (Å²) in [5, 5.41) is 11.7. The minimum atomic E-state index is -4.36. The van der Waals surface area contributed by atoms with E-state index < -0.39 is 11.7 Å². The predicted molar refractivity (Wildman–Crippen MR) is 97.9 cm³/mol. The highest BCUT2D eigenvalue weighted by Gasteiger charge is 2.30. The lowest BCUT2D eigenvalue weighted by molar-refractivity contribution is -0.137. The summed E-state index contributed by atoms with van der Waals surface area (Å²) in [5.41, 5.74) is 1.21. The number of halogens is 3. The van der Waals surface area contributed by atoms with Gasteiger partial charge in [-0.2, -0.15) is 17.9 Å². The number of benzene rings is 2. The van der Waals surface area contributed by atoms with Crippen LogP contribution < -0.4 is 0 Å². The Bertz CT molecular complexity index is 898. The van der Waals surface area contributed by atoms with Crippen molar-refractivity contribution in [3.63, 3.8) is 0 Å². The largest absolute Gasteiger partial charge is 0.416 e. The molecule has 2 aromatic carbocycles. The molecule has 0 amide bonds. The van der Waals surface area contributed by atoms with Crippen LogP contribution in [0.25, 0.3) is 5.69 Å². The average Bonchev–Trinajstić information content (AvgIpc) is 3.17. The second-order valence-corrected chi connectivity index (χ2v) is 7.01. The van der Waals surface area contributed by atoms with Crippen LogP contribution in [-0.4, -0.2) is 38.2 Å². The van der Waals surface area contributed by atoms with E-state index in [1.807, 2.05) is 6.07 Å². The Morgan fingerprint density at radius 1 is 0.929 bits per heavy atom. The molecule has 0 aliphatic carbocycles. The van der Waals surface area contributed by atoms with E-state index in [1.54, 1.807) is 0 Å². The Morgan fingerprint density at radius 3 is 2.25 bits per heavy atom. The summed E-state index contributed by atoms with van der Waals surface area (Å²) in [5.74, 6) is 1.18. The van der Waals surface area contributed by atoms with Gasteiger partial charge in [-0.15, -0.1) is 5.10 Å². The zero-order chi connectivity index (χ0) is 19.6. The van der Waals surface area contributed by atoms with E-state index in [0.29, 0.717) is 24.0 Å². The molecule has 1 aromatic heterocycles. The summed E-state index contributed by atoms with van der Waals surface area (Å²) in [6.07, 6.45) is -2.23. The van der Waals surface area contributed by atoms with Crippen LogP contribution >= 0.6 is 0 Å². The molecule has 146 valence electrons. The molecule has 0 bridgehead atoms. The number of nitrogens with zero attached hydrogens (tertiary/aromatic N) is 5. The van der Waals surface area contributed by atoms with Crippen LogP contribution in [0.15, 0.2) is 54.6 Å². The minimum Gasteiger partial charge on any atom is -0.296 e. The monoisotopic (exact) mass is 387 g/mol. The Labute approximate surface area is 160 Å². The lowest BCUT2D eigenvalue weighted by atomic mass is 9.89. The van der Waals surface area contributed by atoms with Crippen molar-refractivity contribution in [3.8, 4) is 5.69 Å². The molecule has 1 aliphatic rings. The number of piperidine rings is 1. The number of alkyl halides is 3. The van der Waals surface area contributed by atoms with Gasteiger partial charge in [0.05, 0.1) is 17.8 Å². The van der Waals surface area contributed by atoms with Gasteiger partial charge in [0, 0.05) is 0 Å². The van der Waals surface area contributed by atoms with Crippen LogP contribution in [0.1, 0.15) is 35.7 Å². The maximum Gasteiger partial charge on any atom is 0.416 e. The summed E-state index contributed by atoms with van der Waals surface area (Å²) in [6, 6.07) is 15.4. The lowest BCUT2D eigenvalue weighted by Gasteiger charge is -2.31. The molecule has 0 radical (unpaired) electrons. The summed E-state index contributed by atoms with van der Waals surface area (Å²) < 4.78 is 39.8. The molecule has 8 heteroatoms. The number of hydrogen-bond acceptors (Lipinski definition) is 4. The molecule has 5 nitrogen and oxygen atoms in total. The predicted octanol–water partition coefficient (Wildman–Crippen LogP) is 4.06. The summed E-state index contributed by atoms with van der Waals surface area (Å²) in [6.45, 7) is 2.42. The topological polar surface area (TPSA) is 46.8 Å². The third-order valence-corrected chi connectivity index (χ3v) is 5.20. The molecule has 28 heavy (non-hydrogen) atoms. The first kappa shape index (κ1) is 18.6. The van der Waals surface area contributed by atoms with E-state index in [9.17, 15) is 13.2 Å². The zero-order valence-corrected chi connectivity index (χ0v) is 15.2. The zero-order valence-electron chi connectivity index (χ0n) is 15.2. The first-order valence-corrected chi connectivity index (χ1v) is 9.23. The van der Waals surface area contributed by atoms with Crippen molar-refractivity contribution in [1.29, 1.82) is 0 Å². The van der Waals surface area contributed by atoms with Gasteiger partial charge >= 0.3 is 6.18 Å². The highest BCUT2D eigenvalue weighted by atomic mass is 19.4. The van der Waals surface area contributed by atoms with E-state index >= 15 is 0 Å². The lowest BCUT2D eigenvalue weighted by Crippen LogP contribution is -2.33. The first-order chi connectivity index (χ1) is 13.5. The number of tetrazole rings is 1. The molecule has 0 saturated carbocycles. The molecule has 2 heterocycles. The van der Waals surface area contributed by atoms with Crippen molar-refractivity contribution < 1.29 is 13.2 Å². The average molecular weight is 387 g/mol. The van der Waals surface area contributed by atoms with Crippen molar-refractivity contribution in [2.45, 2.75) is 31.5 Å². The van der Waals surface area contributed by atoms with Gasteiger partial charge in [-0.1, -0.05) is 30.3 Å². The molecule has 1 saturated heterocycles. The smallest absolute Gasteiger partial charge is 0.296 e. The van der Waals surface area contributed by atoms with E-state index in [-0.39, 0.29) is 0 Å². The van der Waals surface area contributed by atoms with E-state index in [1.165, 1.54) is 22.4 Å². The molecule has 1 aliphatic heterocycles. The SMILES string of the molecule is FC(F)(F)c1ccc(-n2nnnc2CN2CCC(c3ccccc3)CC2)cc1. The molecule has 0 unspecified atom stereocenters. The molecule has 0 N–H and O–H groups in total. The maximum atomic E-state index is 12.8. The van der Waals surface area contributed by atoms with Crippen LogP contribution in [-0.2, 0) is 12.7 Å². The quantitative estimate of drug-likeness (QED) is 0.677. The van der Waals surface area contributed by atoms with Crippen molar-refractivity contribution >= 4 is 0 Å². The normalized spacial score (nSPS) is 16.4. The molecule has 4 rings (SSSR count). The molecule has 0 atom stereocenters. The number of aromatic nitrogens is 4. The Kier molecular flexibility index (Phi) is 5.13. The van der Waals surface area contributed by atoms with Crippen molar-refractivity contribution in [3.05, 3.63) is 71.5 Å². The van der Waals surface area contributed by atoms with Crippen LogP contribution in [0.5, 0.6) is 0 Å². The van der Waals surface area contributed by atoms with Gasteiger partial charge in [0.25, 0.3) is 0 Å². The van der Waals surface area contributed by atoms with Gasteiger partial charge in [0.1, 0.15) is 0 Å². The second kappa shape index (κ2) is 7.71. The first-order valence-electron chi connectivity index (χ1n) is 9.23. The van der Waals surface area contributed by atoms with E-state index in [4.69, 9.17) is 0 Å². The Balaban J connectivity index is 1.41. The van der Waals surface area contributed by atoms with Crippen molar-refractivity contribution in [1.82, 2.24) is 25.1 Å². The van der Waals surface area contributed by atoms with Crippen LogP contribution in [0, 0.1) is 0 Å². The number of rotatable bonds is 4. The molecular formula is C20H20F3N5. The third-order valence-electron chi connectivity index (χ3n) is 5.20. The maximum absolute atomic E-state index is 12.8. The van der Waals surface area contributed by atoms with E-state index in [2.05, 4.69) is 44.7 Å². The van der Waals surface area contributed by atoms with Crippen LogP contribution in [0.4, 0.5) is 13.2 Å². The highest BCUT2D eigenvalue weighted by Crippen LogP contribution is 2.30. The molecule has 0 spiro atoms. The van der Waals surface area contributed by atoms with Gasteiger partial charge in [-0.25, -0.2) is 0 Å². The molecular weight excluding hydrogens is 367 g/mol. The van der Waals surface area contributed by atoms with Crippen molar-refractivity contribution in [2.24, 2.45) is 0 Å². The molecule has 3 aromatic rings. The standard InChI is InChI=1S/C20H20F3N5/c21-20(22,23)17-6-8-18(9-7-17)28-19(24-25-26-28)14-27-12-10-16(11-13-27)15-4-2-1-3-5-15/h1-9,16H,10-14H2. The van der Waals surface area contributed by atoms with Crippen LogP contribution in [0.3, 0.4) is 0 Å². The molecule has 1 fully saturated rings. The number of hydrogen-bond donors (Lipinski definition) is 0. The Hall–Kier alpha value is -2.74. The van der Waals surface area contributed by atoms with Crippen LogP contribution in [0.2, 0.25) is 0 Å². The fourth-order valence-electron chi connectivity index (χ4n) is 3.65. The summed E-state index contributed by atoms with van der Waals surface area (Å²) in [4.78, 5) is 2.28. The minimum absolute atomic E-state index is 0.521. The van der Waals surface area contributed by atoms with Gasteiger partial charge in [0.15, 0.2) is 5.82 Å². The third kappa shape index (κ3) is 4.06. The van der Waals surface area contributed by atoms with Gasteiger partial charge in [-0.3, -0.25) is 4.90 Å².